The molecule has 3 aromatic rings. The van der Waals surface area contributed by atoms with E-state index in [1.165, 1.54) is 43.5 Å². The summed E-state index contributed by atoms with van der Waals surface area (Å²) in [6, 6.07) is 13.1. The number of ether oxygens (including phenoxy) is 1. The fourth-order valence-corrected chi connectivity index (χ4v) is 3.51. The number of hydrogen-bond donors (Lipinski definition) is 0. The van der Waals surface area contributed by atoms with Crippen molar-refractivity contribution in [3.63, 3.8) is 0 Å². The van der Waals surface area contributed by atoms with Gasteiger partial charge < -0.3 is 23.4 Å². The highest BCUT2D eigenvalue weighted by Crippen LogP contribution is 2.24. The Balaban J connectivity index is 1.42. The van der Waals surface area contributed by atoms with Gasteiger partial charge in [0.15, 0.2) is 12.5 Å². The number of benzene rings is 1. The van der Waals surface area contributed by atoms with Crippen molar-refractivity contribution in [1.82, 2.24) is 4.90 Å². The molecule has 1 aliphatic heterocycles. The minimum absolute atomic E-state index is 0.161. The highest BCUT2D eigenvalue weighted by Gasteiger charge is 2.20. The van der Waals surface area contributed by atoms with Crippen LogP contribution < -0.4 is 9.64 Å². The van der Waals surface area contributed by atoms with Gasteiger partial charge >= 0.3 is 0 Å². The minimum Gasteiger partial charge on any atom is -0.484 e. The number of amides is 1. The van der Waals surface area contributed by atoms with Crippen molar-refractivity contribution in [3.05, 3.63) is 72.1 Å². The summed E-state index contributed by atoms with van der Waals surface area (Å²) in [5.41, 5.74) is 0. The molecule has 0 atom stereocenters. The molecule has 0 bridgehead atoms. The number of rotatable bonds is 8. The van der Waals surface area contributed by atoms with Gasteiger partial charge in [0.05, 0.1) is 19.4 Å². The second-order valence-corrected chi connectivity index (χ2v) is 7.36. The molecule has 7 heteroatoms. The second kappa shape index (κ2) is 9.52. The molecule has 4 rings (SSSR count). The van der Waals surface area contributed by atoms with Crippen LogP contribution in [0.25, 0.3) is 0 Å². The Morgan fingerprint density at radius 2 is 1.77 bits per heavy atom. The Morgan fingerprint density at radius 3 is 2.50 bits per heavy atom. The van der Waals surface area contributed by atoms with Crippen molar-refractivity contribution < 1.29 is 22.8 Å². The third kappa shape index (κ3) is 5.23. The summed E-state index contributed by atoms with van der Waals surface area (Å²) >= 11 is 0. The van der Waals surface area contributed by atoms with Crippen LogP contribution in [-0.4, -0.2) is 30.5 Å². The van der Waals surface area contributed by atoms with Crippen LogP contribution in [0.3, 0.4) is 0 Å². The predicted octanol–water partition coefficient (Wildman–Crippen LogP) is 4.61. The van der Waals surface area contributed by atoms with Crippen LogP contribution in [-0.2, 0) is 17.9 Å². The van der Waals surface area contributed by atoms with Gasteiger partial charge in [-0.15, -0.1) is 0 Å². The maximum absolute atomic E-state index is 13.0. The summed E-state index contributed by atoms with van der Waals surface area (Å²) in [6.07, 6.45) is 5.16. The first-order chi connectivity index (χ1) is 14.7. The second-order valence-electron chi connectivity index (χ2n) is 7.36. The lowest BCUT2D eigenvalue weighted by atomic mass is 10.1. The van der Waals surface area contributed by atoms with Crippen LogP contribution in [0, 0.1) is 5.82 Å². The highest BCUT2D eigenvalue weighted by atomic mass is 19.1. The van der Waals surface area contributed by atoms with E-state index in [9.17, 15) is 9.18 Å². The lowest BCUT2D eigenvalue weighted by Gasteiger charge is -2.26. The molecule has 1 aromatic carbocycles. The van der Waals surface area contributed by atoms with Gasteiger partial charge in [0.1, 0.15) is 23.1 Å². The summed E-state index contributed by atoms with van der Waals surface area (Å²) in [7, 11) is 0. The number of nitrogens with zero attached hydrogens (tertiary/aromatic N) is 2. The largest absolute Gasteiger partial charge is 0.484 e. The molecule has 1 saturated heterocycles. The third-order valence-electron chi connectivity index (χ3n) is 5.12. The van der Waals surface area contributed by atoms with Crippen molar-refractivity contribution in [1.29, 1.82) is 0 Å². The Labute approximate surface area is 174 Å². The van der Waals surface area contributed by atoms with E-state index in [4.69, 9.17) is 13.6 Å². The molecule has 30 heavy (non-hydrogen) atoms. The van der Waals surface area contributed by atoms with Crippen molar-refractivity contribution in [2.45, 2.75) is 32.4 Å². The Bertz CT molecular complexity index is 931. The molecule has 1 aliphatic rings. The molecule has 6 nitrogen and oxygen atoms in total. The van der Waals surface area contributed by atoms with Crippen LogP contribution in [0.2, 0.25) is 0 Å². The van der Waals surface area contributed by atoms with Gasteiger partial charge in [-0.05, 0) is 61.7 Å². The average molecular weight is 412 g/mol. The number of furan rings is 2. The fourth-order valence-electron chi connectivity index (χ4n) is 3.51. The van der Waals surface area contributed by atoms with Crippen molar-refractivity contribution in [3.8, 4) is 5.75 Å². The molecule has 1 amide bonds. The van der Waals surface area contributed by atoms with E-state index in [1.54, 1.807) is 17.2 Å². The predicted molar refractivity (Wildman–Crippen MR) is 110 cm³/mol. The van der Waals surface area contributed by atoms with Crippen molar-refractivity contribution in [2.75, 3.05) is 24.6 Å². The molecular formula is C23H25FN2O4. The van der Waals surface area contributed by atoms with Gasteiger partial charge in [0.2, 0.25) is 0 Å². The van der Waals surface area contributed by atoms with Crippen LogP contribution in [0.1, 0.15) is 30.8 Å². The Morgan fingerprint density at radius 1 is 1.00 bits per heavy atom. The maximum Gasteiger partial charge on any atom is 0.261 e. The van der Waals surface area contributed by atoms with Crippen LogP contribution in [0.4, 0.5) is 10.3 Å². The van der Waals surface area contributed by atoms with Crippen LogP contribution in [0.5, 0.6) is 5.75 Å². The van der Waals surface area contributed by atoms with E-state index < -0.39 is 0 Å². The van der Waals surface area contributed by atoms with Gasteiger partial charge in [-0.1, -0.05) is 0 Å². The van der Waals surface area contributed by atoms with Gasteiger partial charge in [-0.25, -0.2) is 4.39 Å². The number of halogens is 1. The quantitative estimate of drug-likeness (QED) is 0.541. The lowest BCUT2D eigenvalue weighted by molar-refractivity contribution is -0.135. The molecule has 0 radical (unpaired) electrons. The first kappa shape index (κ1) is 20.1. The molecule has 3 heterocycles. The van der Waals surface area contributed by atoms with E-state index in [0.717, 1.165) is 19.0 Å². The average Bonchev–Trinajstić information content (AvgIpc) is 3.46. The molecule has 0 N–H and O–H groups in total. The monoisotopic (exact) mass is 412 g/mol. The molecule has 2 aromatic heterocycles. The summed E-state index contributed by atoms with van der Waals surface area (Å²) in [5.74, 6) is 2.10. The molecule has 0 aliphatic carbocycles. The normalized spacial score (nSPS) is 14.0. The Hall–Kier alpha value is -3.22. The highest BCUT2D eigenvalue weighted by molar-refractivity contribution is 5.77. The zero-order chi connectivity index (χ0) is 20.8. The van der Waals surface area contributed by atoms with Gasteiger partial charge in [-0.3, -0.25) is 4.79 Å². The molecule has 158 valence electrons. The van der Waals surface area contributed by atoms with Gasteiger partial charge in [0, 0.05) is 19.2 Å². The smallest absolute Gasteiger partial charge is 0.261 e. The minimum atomic E-state index is -0.351. The molecule has 1 fully saturated rings. The number of piperidine rings is 1. The number of carbonyl (C=O) groups is 1. The first-order valence-electron chi connectivity index (χ1n) is 10.2. The van der Waals surface area contributed by atoms with E-state index in [1.807, 2.05) is 18.2 Å². The van der Waals surface area contributed by atoms with E-state index in [0.29, 0.717) is 30.4 Å². The summed E-state index contributed by atoms with van der Waals surface area (Å²) in [4.78, 5) is 16.7. The van der Waals surface area contributed by atoms with E-state index in [2.05, 4.69) is 4.90 Å². The number of hydrogen-bond acceptors (Lipinski definition) is 5. The third-order valence-corrected chi connectivity index (χ3v) is 5.12. The summed E-state index contributed by atoms with van der Waals surface area (Å²) in [6.45, 7) is 2.44. The topological polar surface area (TPSA) is 59.1 Å². The molecular weight excluding hydrogens is 387 g/mol. The van der Waals surface area contributed by atoms with Crippen LogP contribution in [0.15, 0.2) is 63.6 Å². The fraction of sp³-hybridized carbons (Fsp3) is 0.348. The molecule has 0 spiro atoms. The zero-order valence-corrected chi connectivity index (χ0v) is 16.8. The summed E-state index contributed by atoms with van der Waals surface area (Å²) < 4.78 is 30.0. The standard InChI is InChI=1S/C23H25FN2O4/c24-18-6-8-19(9-7-18)29-17-22(27)26(15-20-5-4-14-28-20)16-21-10-11-23(30-21)25-12-2-1-3-13-25/h4-11,14H,1-3,12-13,15-17H2. The van der Waals surface area contributed by atoms with Crippen molar-refractivity contribution >= 4 is 11.8 Å². The zero-order valence-electron chi connectivity index (χ0n) is 16.8. The molecule has 0 unspecified atom stereocenters. The maximum atomic E-state index is 13.0. The van der Waals surface area contributed by atoms with Gasteiger partial charge in [-0.2, -0.15) is 0 Å². The number of carbonyl (C=O) groups excluding carboxylic acids is 1. The number of anilines is 1. The molecule has 0 saturated carbocycles. The van der Waals surface area contributed by atoms with Crippen molar-refractivity contribution in [2.24, 2.45) is 0 Å². The Kier molecular flexibility index (Phi) is 6.37. The van der Waals surface area contributed by atoms with Gasteiger partial charge in [0.25, 0.3) is 5.91 Å². The SMILES string of the molecule is O=C(COc1ccc(F)cc1)N(Cc1ccco1)Cc1ccc(N2CCCCC2)o1. The van der Waals surface area contributed by atoms with E-state index >= 15 is 0 Å². The van der Waals surface area contributed by atoms with Crippen LogP contribution >= 0.6 is 0 Å². The lowest BCUT2D eigenvalue weighted by Crippen LogP contribution is -2.34. The first-order valence-corrected chi connectivity index (χ1v) is 10.2. The summed E-state index contributed by atoms with van der Waals surface area (Å²) in [5, 5.41) is 0. The van der Waals surface area contributed by atoms with E-state index in [-0.39, 0.29) is 18.3 Å².